The third-order valence-electron chi connectivity index (χ3n) is 10.8. The number of hydrogen-bond acceptors (Lipinski definition) is 10. The van der Waals surface area contributed by atoms with Gasteiger partial charge in [0.05, 0.1) is 59.7 Å². The Morgan fingerprint density at radius 1 is 0.948 bits per heavy atom. The minimum atomic E-state index is -4.76. The Hall–Kier alpha value is -5.82. The highest BCUT2D eigenvalue weighted by Crippen LogP contribution is 2.49. The van der Waals surface area contributed by atoms with Crippen molar-refractivity contribution in [1.29, 1.82) is 0 Å². The van der Waals surface area contributed by atoms with Crippen molar-refractivity contribution in [2.45, 2.75) is 52.0 Å². The van der Waals surface area contributed by atoms with Crippen molar-refractivity contribution >= 4 is 39.8 Å². The summed E-state index contributed by atoms with van der Waals surface area (Å²) in [7, 11) is 3.19. The van der Waals surface area contributed by atoms with Gasteiger partial charge < -0.3 is 29.3 Å². The Labute approximate surface area is 340 Å². The molecule has 2 aliphatic rings. The van der Waals surface area contributed by atoms with Crippen LogP contribution in [0.15, 0.2) is 85.5 Å². The molecule has 1 N–H and O–H groups in total. The zero-order chi connectivity index (χ0) is 40.6. The van der Waals surface area contributed by atoms with Crippen LogP contribution < -0.4 is 29.3 Å². The van der Waals surface area contributed by atoms with E-state index in [4.69, 9.17) is 35.8 Å². The predicted octanol–water partition coefficient (Wildman–Crippen LogP) is 10.1. The normalized spacial score (nSPS) is 14.4. The number of aryl methyl sites for hydroxylation is 1. The van der Waals surface area contributed by atoms with Gasteiger partial charge in [0.15, 0.2) is 5.75 Å². The van der Waals surface area contributed by atoms with Gasteiger partial charge in [-0.25, -0.2) is 15.0 Å². The summed E-state index contributed by atoms with van der Waals surface area (Å²) in [5, 5.41) is 4.01. The average Bonchev–Trinajstić information content (AvgIpc) is 4.08. The molecule has 300 valence electrons. The van der Waals surface area contributed by atoms with E-state index < -0.39 is 11.7 Å². The van der Waals surface area contributed by atoms with Gasteiger partial charge >= 0.3 is 6.18 Å². The van der Waals surface area contributed by atoms with Crippen LogP contribution in [-0.2, 0) is 19.3 Å². The average molecular weight is 810 g/mol. The maximum absolute atomic E-state index is 15.2. The molecule has 1 saturated carbocycles. The summed E-state index contributed by atoms with van der Waals surface area (Å²) >= 11 is 7.19. The number of ether oxygens (including phenoxy) is 3. The second-order valence-electron chi connectivity index (χ2n) is 14.8. The first kappa shape index (κ1) is 39.0. The van der Waals surface area contributed by atoms with E-state index in [0.29, 0.717) is 59.6 Å². The summed E-state index contributed by atoms with van der Waals surface area (Å²) in [5.41, 5.74) is 2.96. The van der Waals surface area contributed by atoms with Crippen molar-refractivity contribution in [2.24, 2.45) is 5.92 Å². The first-order chi connectivity index (χ1) is 28.0. The Balaban J connectivity index is 1.22. The molecular formula is C44H43ClF3N7O3. The van der Waals surface area contributed by atoms with Crippen LogP contribution in [-0.4, -0.2) is 53.9 Å². The number of alkyl halides is 3. The van der Waals surface area contributed by atoms with Crippen molar-refractivity contribution in [2.75, 3.05) is 49.0 Å². The molecule has 1 atom stereocenters. The number of halogens is 4. The molecule has 0 unspecified atom stereocenters. The fraction of sp³-hybridized carbons (Fsp3) is 0.318. The minimum absolute atomic E-state index is 0.00241. The standard InChI is InChI=1S/C44H43ClF3N7O3/c1-26-17-37(54(23-29-7-11-33(56-3)12-8-29)24-30-9-13-34(57-4)14-10-30)53-41(39(26)44(46,47)48)35-19-36-38-42(40(35)45)58-16-15-55(43(38)52-25-51-36)27(2)31-18-32(22-49-21-31)50-20-28-5-6-28/h7-14,17-19,21-22,25,27-28,50H,5-6,15-16,20,23-24H2,1-4H3/t27-/m1/s1. The predicted molar refractivity (Wildman–Crippen MR) is 220 cm³/mol. The third-order valence-corrected chi connectivity index (χ3v) is 11.2. The van der Waals surface area contributed by atoms with Crippen LogP contribution in [0.4, 0.5) is 30.5 Å². The highest BCUT2D eigenvalue weighted by Gasteiger charge is 2.39. The fourth-order valence-electron chi connectivity index (χ4n) is 7.44. The Morgan fingerprint density at radius 2 is 1.62 bits per heavy atom. The number of nitrogens with zero attached hydrogens (tertiary/aromatic N) is 6. The maximum atomic E-state index is 15.2. The van der Waals surface area contributed by atoms with Crippen LogP contribution in [0.5, 0.6) is 17.2 Å². The maximum Gasteiger partial charge on any atom is 0.418 e. The van der Waals surface area contributed by atoms with Crippen LogP contribution >= 0.6 is 11.6 Å². The molecule has 58 heavy (non-hydrogen) atoms. The number of rotatable bonds is 13. The summed E-state index contributed by atoms with van der Waals surface area (Å²) in [6.07, 6.45) is 2.80. The van der Waals surface area contributed by atoms with Gasteiger partial charge in [-0.2, -0.15) is 13.2 Å². The molecule has 3 aromatic carbocycles. The summed E-state index contributed by atoms with van der Waals surface area (Å²) in [6, 6.07) is 20.0. The summed E-state index contributed by atoms with van der Waals surface area (Å²) < 4.78 is 62.5. The third kappa shape index (κ3) is 8.13. The molecule has 1 aliphatic heterocycles. The van der Waals surface area contributed by atoms with Crippen LogP contribution in [0.1, 0.15) is 53.6 Å². The van der Waals surface area contributed by atoms with Crippen LogP contribution in [0.3, 0.4) is 0 Å². The van der Waals surface area contributed by atoms with Gasteiger partial charge in [0.25, 0.3) is 0 Å². The van der Waals surface area contributed by atoms with E-state index in [1.54, 1.807) is 20.3 Å². The van der Waals surface area contributed by atoms with E-state index in [2.05, 4.69) is 33.2 Å². The molecular weight excluding hydrogens is 767 g/mol. The van der Waals surface area contributed by atoms with Crippen LogP contribution in [0.25, 0.3) is 22.2 Å². The molecule has 0 spiro atoms. The molecule has 8 rings (SSSR count). The number of hydrogen-bond donors (Lipinski definition) is 1. The smallest absolute Gasteiger partial charge is 0.418 e. The number of aromatic nitrogens is 4. The monoisotopic (exact) mass is 809 g/mol. The summed E-state index contributed by atoms with van der Waals surface area (Å²) in [5.74, 6) is 3.20. The van der Waals surface area contributed by atoms with Crippen molar-refractivity contribution in [1.82, 2.24) is 19.9 Å². The molecule has 14 heteroatoms. The van der Waals surface area contributed by atoms with Gasteiger partial charge in [0.2, 0.25) is 0 Å². The van der Waals surface area contributed by atoms with Crippen LogP contribution in [0, 0.1) is 12.8 Å². The van der Waals surface area contributed by atoms with Crippen LogP contribution in [0.2, 0.25) is 5.02 Å². The Kier molecular flexibility index (Phi) is 10.9. The quantitative estimate of drug-likeness (QED) is 0.121. The number of nitrogens with one attached hydrogen (secondary N) is 1. The Bertz CT molecular complexity index is 2380. The van der Waals surface area contributed by atoms with E-state index in [9.17, 15) is 0 Å². The first-order valence-corrected chi connectivity index (χ1v) is 19.5. The van der Waals surface area contributed by atoms with Gasteiger partial charge in [-0.15, -0.1) is 0 Å². The molecule has 0 radical (unpaired) electrons. The largest absolute Gasteiger partial charge is 0.497 e. The number of methoxy groups -OCH3 is 2. The highest BCUT2D eigenvalue weighted by atomic mass is 35.5. The van der Waals surface area contributed by atoms with E-state index in [-0.39, 0.29) is 40.2 Å². The molecule has 10 nitrogen and oxygen atoms in total. The van der Waals surface area contributed by atoms with Gasteiger partial charge in [-0.05, 0) is 97.3 Å². The van der Waals surface area contributed by atoms with Gasteiger partial charge in [-0.3, -0.25) is 4.98 Å². The van der Waals surface area contributed by atoms with Crippen molar-refractivity contribution in [3.05, 3.63) is 118 Å². The van der Waals surface area contributed by atoms with E-state index >= 15 is 13.2 Å². The second kappa shape index (κ2) is 16.2. The molecule has 0 amide bonds. The lowest BCUT2D eigenvalue weighted by molar-refractivity contribution is -0.137. The zero-order valence-corrected chi connectivity index (χ0v) is 33.4. The molecule has 6 aromatic rings. The van der Waals surface area contributed by atoms with Gasteiger partial charge in [0, 0.05) is 37.6 Å². The molecule has 0 saturated heterocycles. The van der Waals surface area contributed by atoms with Crippen molar-refractivity contribution in [3.8, 4) is 28.5 Å². The second-order valence-corrected chi connectivity index (χ2v) is 15.2. The topological polar surface area (TPSA) is 97.8 Å². The first-order valence-electron chi connectivity index (χ1n) is 19.2. The summed E-state index contributed by atoms with van der Waals surface area (Å²) in [4.78, 5) is 22.6. The van der Waals surface area contributed by atoms with Crippen molar-refractivity contribution in [3.63, 3.8) is 0 Å². The number of benzene rings is 3. The molecule has 0 bridgehead atoms. The highest BCUT2D eigenvalue weighted by molar-refractivity contribution is 6.36. The van der Waals surface area contributed by atoms with Gasteiger partial charge in [0.1, 0.15) is 36.1 Å². The van der Waals surface area contributed by atoms with E-state index in [1.165, 1.54) is 32.2 Å². The van der Waals surface area contributed by atoms with E-state index in [1.807, 2.05) is 65.8 Å². The molecule has 4 heterocycles. The minimum Gasteiger partial charge on any atom is -0.497 e. The van der Waals surface area contributed by atoms with Gasteiger partial charge in [-0.1, -0.05) is 35.9 Å². The lowest BCUT2D eigenvalue weighted by atomic mass is 9.98. The Morgan fingerprint density at radius 3 is 2.24 bits per heavy atom. The lowest BCUT2D eigenvalue weighted by Gasteiger charge is -2.29. The zero-order valence-electron chi connectivity index (χ0n) is 32.6. The molecule has 1 aliphatic carbocycles. The SMILES string of the molecule is COc1ccc(CN(Cc2ccc(OC)cc2)c2cc(C)c(C(F)(F)F)c(-c3cc4ncnc5c4c(c3Cl)OCCN5[C@H](C)c3cncc(NCC4CC4)c3)n2)cc1. The summed E-state index contributed by atoms with van der Waals surface area (Å²) in [6.45, 7) is 5.73. The fourth-order valence-corrected chi connectivity index (χ4v) is 7.73. The molecule has 3 aromatic heterocycles. The lowest BCUT2D eigenvalue weighted by Crippen LogP contribution is -2.31. The van der Waals surface area contributed by atoms with Crippen molar-refractivity contribution < 1.29 is 27.4 Å². The van der Waals surface area contributed by atoms with E-state index in [0.717, 1.165) is 28.9 Å². The number of pyridine rings is 2. The molecule has 1 fully saturated rings. The number of anilines is 3.